The van der Waals surface area contributed by atoms with E-state index in [-0.39, 0.29) is 0 Å². The van der Waals surface area contributed by atoms with E-state index in [2.05, 4.69) is 29.9 Å². The van der Waals surface area contributed by atoms with Crippen LogP contribution in [0.15, 0.2) is 12.4 Å². The van der Waals surface area contributed by atoms with Gasteiger partial charge in [0.25, 0.3) is 0 Å². The van der Waals surface area contributed by atoms with Crippen LogP contribution in [-0.2, 0) is 11.8 Å². The molecule has 1 aromatic rings. The van der Waals surface area contributed by atoms with Gasteiger partial charge in [0.2, 0.25) is 0 Å². The second-order valence-corrected chi connectivity index (χ2v) is 7.86. The van der Waals surface area contributed by atoms with Gasteiger partial charge >= 0.3 is 0 Å². The largest absolute Gasteiger partial charge is 0.239 e. The highest BCUT2D eigenvalue weighted by Gasteiger charge is 2.39. The van der Waals surface area contributed by atoms with Gasteiger partial charge in [-0.05, 0) is 50.0 Å². The molecular weight excluding hydrogens is 306 g/mol. The lowest BCUT2D eigenvalue weighted by Crippen LogP contribution is -2.32. The van der Waals surface area contributed by atoms with Crippen LogP contribution in [0.5, 0.6) is 0 Å². The SMILES string of the molecule is CCCCCCC1CCC(C#N)(c2ncc(CCCCC)cn2)CC1. The molecule has 0 radical (unpaired) electrons. The highest BCUT2D eigenvalue weighted by atomic mass is 14.9. The van der Waals surface area contributed by atoms with E-state index in [4.69, 9.17) is 0 Å². The van der Waals surface area contributed by atoms with Crippen molar-refractivity contribution in [3.63, 3.8) is 0 Å². The predicted molar refractivity (Wildman–Crippen MR) is 103 cm³/mol. The maximum Gasteiger partial charge on any atom is 0.148 e. The maximum absolute atomic E-state index is 9.84. The fourth-order valence-electron chi connectivity index (χ4n) is 4.01. The summed E-state index contributed by atoms with van der Waals surface area (Å²) in [6, 6.07) is 2.58. The summed E-state index contributed by atoms with van der Waals surface area (Å²) in [7, 11) is 0. The standard InChI is InChI=1S/C22H35N3/c1-3-5-7-9-10-19-12-14-22(18-23,15-13-19)21-24-16-20(17-25-21)11-8-6-4-2/h16-17,19H,3-15H2,1-2H3. The Hall–Kier alpha value is -1.43. The van der Waals surface area contributed by atoms with E-state index in [1.54, 1.807) is 0 Å². The van der Waals surface area contributed by atoms with Gasteiger partial charge in [0.05, 0.1) is 6.07 Å². The lowest BCUT2D eigenvalue weighted by molar-refractivity contribution is 0.253. The minimum Gasteiger partial charge on any atom is -0.239 e. The van der Waals surface area contributed by atoms with E-state index in [9.17, 15) is 5.26 Å². The second kappa shape index (κ2) is 10.5. The van der Waals surface area contributed by atoms with Crippen LogP contribution in [0.4, 0.5) is 0 Å². The molecule has 0 bridgehead atoms. The molecular formula is C22H35N3. The average Bonchev–Trinajstić information content (AvgIpc) is 2.67. The summed E-state index contributed by atoms with van der Waals surface area (Å²) in [5, 5.41) is 9.84. The maximum atomic E-state index is 9.84. The Morgan fingerprint density at radius 3 is 2.24 bits per heavy atom. The summed E-state index contributed by atoms with van der Waals surface area (Å²) in [4.78, 5) is 9.20. The molecule has 0 amide bonds. The van der Waals surface area contributed by atoms with Gasteiger partial charge in [0, 0.05) is 12.4 Å². The Morgan fingerprint density at radius 2 is 1.64 bits per heavy atom. The van der Waals surface area contributed by atoms with Crippen LogP contribution in [0.1, 0.15) is 102 Å². The van der Waals surface area contributed by atoms with Gasteiger partial charge in [-0.25, -0.2) is 9.97 Å². The van der Waals surface area contributed by atoms with Crippen LogP contribution in [0.2, 0.25) is 0 Å². The van der Waals surface area contributed by atoms with Gasteiger partial charge in [-0.15, -0.1) is 0 Å². The van der Waals surface area contributed by atoms with Gasteiger partial charge in [-0.2, -0.15) is 5.26 Å². The number of hydrogen-bond donors (Lipinski definition) is 0. The number of unbranched alkanes of at least 4 members (excludes halogenated alkanes) is 5. The van der Waals surface area contributed by atoms with Gasteiger partial charge < -0.3 is 0 Å². The van der Waals surface area contributed by atoms with Gasteiger partial charge in [-0.3, -0.25) is 0 Å². The summed E-state index contributed by atoms with van der Waals surface area (Å²) in [5.41, 5.74) is 0.761. The van der Waals surface area contributed by atoms with Crippen molar-refractivity contribution in [2.45, 2.75) is 103 Å². The van der Waals surface area contributed by atoms with Crippen molar-refractivity contribution in [2.75, 3.05) is 0 Å². The number of nitriles is 1. The minimum absolute atomic E-state index is 0.443. The third-order valence-corrected chi connectivity index (χ3v) is 5.84. The Kier molecular flexibility index (Phi) is 8.38. The molecule has 1 aromatic heterocycles. The number of nitrogens with zero attached hydrogens (tertiary/aromatic N) is 3. The van der Waals surface area contributed by atoms with Crippen LogP contribution in [0.3, 0.4) is 0 Å². The van der Waals surface area contributed by atoms with E-state index in [1.807, 2.05) is 12.4 Å². The van der Waals surface area contributed by atoms with Gasteiger partial charge in [0.15, 0.2) is 0 Å². The van der Waals surface area contributed by atoms with E-state index in [0.29, 0.717) is 0 Å². The normalized spacial score (nSPS) is 23.3. The zero-order valence-corrected chi connectivity index (χ0v) is 16.3. The topological polar surface area (TPSA) is 49.6 Å². The van der Waals surface area contributed by atoms with Crippen LogP contribution in [0, 0.1) is 17.2 Å². The van der Waals surface area contributed by atoms with Crippen molar-refractivity contribution >= 4 is 0 Å². The van der Waals surface area contributed by atoms with Gasteiger partial charge in [-0.1, -0.05) is 58.8 Å². The molecule has 0 atom stereocenters. The quantitative estimate of drug-likeness (QED) is 0.481. The predicted octanol–water partition coefficient (Wildman–Crippen LogP) is 6.13. The smallest absolute Gasteiger partial charge is 0.148 e. The molecule has 0 unspecified atom stereocenters. The molecule has 1 heterocycles. The zero-order chi connectivity index (χ0) is 18.0. The summed E-state index contributed by atoms with van der Waals surface area (Å²) in [6.45, 7) is 4.48. The van der Waals surface area contributed by atoms with Gasteiger partial charge in [0.1, 0.15) is 11.2 Å². The molecule has 1 saturated carbocycles. The van der Waals surface area contributed by atoms with Crippen molar-refractivity contribution < 1.29 is 0 Å². The first-order valence-electron chi connectivity index (χ1n) is 10.5. The molecule has 1 fully saturated rings. The van der Waals surface area contributed by atoms with Crippen LogP contribution in [0.25, 0.3) is 0 Å². The third kappa shape index (κ3) is 5.80. The number of rotatable bonds is 10. The molecule has 0 N–H and O–H groups in total. The highest BCUT2D eigenvalue weighted by molar-refractivity contribution is 5.22. The molecule has 0 aliphatic heterocycles. The van der Waals surface area contributed by atoms with Crippen molar-refractivity contribution in [3.8, 4) is 6.07 Å². The van der Waals surface area contributed by atoms with Crippen molar-refractivity contribution in [3.05, 3.63) is 23.8 Å². The van der Waals surface area contributed by atoms with E-state index in [0.717, 1.165) is 43.8 Å². The molecule has 0 spiro atoms. The highest BCUT2D eigenvalue weighted by Crippen LogP contribution is 2.41. The third-order valence-electron chi connectivity index (χ3n) is 5.84. The molecule has 138 valence electrons. The van der Waals surface area contributed by atoms with Crippen LogP contribution >= 0.6 is 0 Å². The molecule has 3 nitrogen and oxygen atoms in total. The van der Waals surface area contributed by atoms with E-state index in [1.165, 1.54) is 56.9 Å². The summed E-state index contributed by atoms with van der Waals surface area (Å²) >= 11 is 0. The first-order valence-corrected chi connectivity index (χ1v) is 10.5. The Morgan fingerprint density at radius 1 is 1.00 bits per heavy atom. The minimum atomic E-state index is -0.443. The molecule has 1 aliphatic rings. The second-order valence-electron chi connectivity index (χ2n) is 7.86. The molecule has 2 rings (SSSR count). The van der Waals surface area contributed by atoms with Crippen molar-refractivity contribution in [1.82, 2.24) is 9.97 Å². The zero-order valence-electron chi connectivity index (χ0n) is 16.3. The van der Waals surface area contributed by atoms with E-state index >= 15 is 0 Å². The molecule has 1 aliphatic carbocycles. The molecule has 25 heavy (non-hydrogen) atoms. The number of aromatic nitrogens is 2. The Labute approximate surface area is 154 Å². The lowest BCUT2D eigenvalue weighted by Gasteiger charge is -2.33. The Bertz CT molecular complexity index is 521. The van der Waals surface area contributed by atoms with E-state index < -0.39 is 5.41 Å². The molecule has 0 saturated heterocycles. The first-order chi connectivity index (χ1) is 12.2. The monoisotopic (exact) mass is 341 g/mol. The lowest BCUT2D eigenvalue weighted by atomic mass is 9.69. The van der Waals surface area contributed by atoms with Crippen LogP contribution < -0.4 is 0 Å². The van der Waals surface area contributed by atoms with Crippen molar-refractivity contribution in [1.29, 1.82) is 5.26 Å². The fraction of sp³-hybridized carbons (Fsp3) is 0.773. The Balaban J connectivity index is 1.88. The number of aryl methyl sites for hydroxylation is 1. The fourth-order valence-corrected chi connectivity index (χ4v) is 4.01. The number of hydrogen-bond acceptors (Lipinski definition) is 3. The average molecular weight is 342 g/mol. The molecule has 0 aromatic carbocycles. The van der Waals surface area contributed by atoms with Crippen molar-refractivity contribution in [2.24, 2.45) is 5.92 Å². The summed E-state index contributed by atoms with van der Waals surface area (Å²) in [5.74, 6) is 1.56. The van der Waals surface area contributed by atoms with Crippen LogP contribution in [-0.4, -0.2) is 9.97 Å². The first kappa shape index (κ1) is 19.9. The molecule has 3 heteroatoms. The summed E-state index contributed by atoms with van der Waals surface area (Å²) in [6.07, 6.45) is 19.5. The summed E-state index contributed by atoms with van der Waals surface area (Å²) < 4.78 is 0.